The molecular weight excluding hydrogens is 248 g/mol. The van der Waals surface area contributed by atoms with Crippen LogP contribution in [-0.2, 0) is 4.74 Å². The number of carbonyl (C=O) groups is 1. The minimum Gasteiger partial charge on any atom is -0.465 e. The van der Waals surface area contributed by atoms with Crippen molar-refractivity contribution in [3.63, 3.8) is 0 Å². The maximum atomic E-state index is 11.2. The molecule has 0 bridgehead atoms. The van der Waals surface area contributed by atoms with E-state index in [1.807, 2.05) is 6.07 Å². The Morgan fingerprint density at radius 3 is 2.79 bits per heavy atom. The summed E-state index contributed by atoms with van der Waals surface area (Å²) in [6, 6.07) is 4.81. The zero-order valence-corrected chi connectivity index (χ0v) is 8.96. The molecule has 2 N–H and O–H groups in total. The first-order valence-corrected chi connectivity index (χ1v) is 4.47. The quantitative estimate of drug-likeness (QED) is 0.611. The molecule has 0 spiro atoms. The molecular formula is C9H7BrN2O2. The number of nitriles is 1. The van der Waals surface area contributed by atoms with Crippen LogP contribution in [0.1, 0.15) is 15.9 Å². The van der Waals surface area contributed by atoms with E-state index in [4.69, 9.17) is 11.0 Å². The van der Waals surface area contributed by atoms with E-state index in [1.54, 1.807) is 0 Å². The number of hydrogen-bond acceptors (Lipinski definition) is 4. The average molecular weight is 255 g/mol. The van der Waals surface area contributed by atoms with Gasteiger partial charge < -0.3 is 10.5 Å². The lowest BCUT2D eigenvalue weighted by molar-refractivity contribution is 0.0599. The van der Waals surface area contributed by atoms with Gasteiger partial charge in [-0.1, -0.05) is 0 Å². The Morgan fingerprint density at radius 2 is 2.29 bits per heavy atom. The number of halogens is 1. The summed E-state index contributed by atoms with van der Waals surface area (Å²) >= 11 is 3.15. The van der Waals surface area contributed by atoms with E-state index in [-0.39, 0.29) is 5.56 Å². The second kappa shape index (κ2) is 4.11. The van der Waals surface area contributed by atoms with Gasteiger partial charge in [0, 0.05) is 5.69 Å². The largest absolute Gasteiger partial charge is 0.465 e. The van der Waals surface area contributed by atoms with Crippen LogP contribution in [0.25, 0.3) is 0 Å². The Kier molecular flexibility index (Phi) is 3.10. The van der Waals surface area contributed by atoms with Crippen LogP contribution in [0.3, 0.4) is 0 Å². The SMILES string of the molecule is COC(=O)c1cc(C#N)cc(N)c1Br. The van der Waals surface area contributed by atoms with Crippen molar-refractivity contribution in [2.45, 2.75) is 0 Å². The topological polar surface area (TPSA) is 76.1 Å². The summed E-state index contributed by atoms with van der Waals surface area (Å²) in [5.74, 6) is -0.527. The first-order valence-electron chi connectivity index (χ1n) is 3.67. The summed E-state index contributed by atoms with van der Waals surface area (Å²) in [5, 5.41) is 8.66. The fourth-order valence-corrected chi connectivity index (χ4v) is 1.36. The van der Waals surface area contributed by atoms with Gasteiger partial charge in [0.15, 0.2) is 0 Å². The van der Waals surface area contributed by atoms with Gasteiger partial charge in [0.05, 0.1) is 28.8 Å². The molecule has 0 atom stereocenters. The van der Waals surface area contributed by atoms with Crippen molar-refractivity contribution in [3.8, 4) is 6.07 Å². The molecule has 0 saturated heterocycles. The minimum absolute atomic E-state index is 0.254. The molecule has 0 saturated carbocycles. The number of esters is 1. The molecule has 0 fully saturated rings. The zero-order chi connectivity index (χ0) is 10.7. The van der Waals surface area contributed by atoms with Crippen molar-refractivity contribution in [2.75, 3.05) is 12.8 Å². The number of rotatable bonds is 1. The third-order valence-electron chi connectivity index (χ3n) is 1.64. The summed E-state index contributed by atoms with van der Waals surface area (Å²) < 4.78 is 4.99. The lowest BCUT2D eigenvalue weighted by Gasteiger charge is -2.05. The average Bonchev–Trinajstić information content (AvgIpc) is 2.20. The lowest BCUT2D eigenvalue weighted by atomic mass is 10.1. The number of methoxy groups -OCH3 is 1. The van der Waals surface area contributed by atoms with Crippen molar-refractivity contribution < 1.29 is 9.53 Å². The lowest BCUT2D eigenvalue weighted by Crippen LogP contribution is -2.04. The van der Waals surface area contributed by atoms with E-state index in [1.165, 1.54) is 19.2 Å². The Labute approximate surface area is 89.4 Å². The first-order chi connectivity index (χ1) is 6.60. The fourth-order valence-electron chi connectivity index (χ4n) is 0.970. The van der Waals surface area contributed by atoms with E-state index in [2.05, 4.69) is 20.7 Å². The minimum atomic E-state index is -0.527. The van der Waals surface area contributed by atoms with Crippen molar-refractivity contribution in [1.29, 1.82) is 5.26 Å². The number of nitrogens with two attached hydrogens (primary N) is 1. The molecule has 0 heterocycles. The molecule has 72 valence electrons. The Balaban J connectivity index is 3.36. The second-order valence-electron chi connectivity index (χ2n) is 2.53. The third kappa shape index (κ3) is 1.86. The molecule has 1 aromatic rings. The van der Waals surface area contributed by atoms with E-state index in [0.717, 1.165) is 0 Å². The normalized spacial score (nSPS) is 9.21. The Morgan fingerprint density at radius 1 is 1.64 bits per heavy atom. The monoisotopic (exact) mass is 254 g/mol. The summed E-state index contributed by atoms with van der Waals surface area (Å²) in [7, 11) is 1.27. The number of nitrogen functional groups attached to an aromatic ring is 1. The van der Waals surface area contributed by atoms with Gasteiger partial charge >= 0.3 is 5.97 Å². The number of ether oxygens (including phenoxy) is 1. The van der Waals surface area contributed by atoms with Crippen LogP contribution in [0.2, 0.25) is 0 Å². The van der Waals surface area contributed by atoms with Gasteiger partial charge in [-0.15, -0.1) is 0 Å². The van der Waals surface area contributed by atoms with Gasteiger partial charge in [0.25, 0.3) is 0 Å². The van der Waals surface area contributed by atoms with Crippen molar-refractivity contribution in [2.24, 2.45) is 0 Å². The van der Waals surface area contributed by atoms with Gasteiger partial charge in [-0.25, -0.2) is 4.79 Å². The highest BCUT2D eigenvalue weighted by Gasteiger charge is 2.13. The van der Waals surface area contributed by atoms with Crippen LogP contribution in [-0.4, -0.2) is 13.1 Å². The zero-order valence-electron chi connectivity index (χ0n) is 7.37. The molecule has 0 aromatic heterocycles. The molecule has 0 aliphatic carbocycles. The summed E-state index contributed by atoms with van der Waals surface area (Å²) in [6.45, 7) is 0. The van der Waals surface area contributed by atoms with Crippen LogP contribution in [0, 0.1) is 11.3 Å². The maximum absolute atomic E-state index is 11.2. The van der Waals surface area contributed by atoms with E-state index in [9.17, 15) is 4.79 Å². The summed E-state index contributed by atoms with van der Waals surface area (Å²) in [5.41, 5.74) is 6.50. The number of carbonyl (C=O) groups excluding carboxylic acids is 1. The molecule has 14 heavy (non-hydrogen) atoms. The van der Waals surface area contributed by atoms with Crippen LogP contribution in [0.5, 0.6) is 0 Å². The smallest absolute Gasteiger partial charge is 0.339 e. The van der Waals surface area contributed by atoms with E-state index in [0.29, 0.717) is 15.7 Å². The highest BCUT2D eigenvalue weighted by atomic mass is 79.9. The Bertz CT molecular complexity index is 424. The maximum Gasteiger partial charge on any atom is 0.339 e. The predicted octanol–water partition coefficient (Wildman–Crippen LogP) is 1.69. The fraction of sp³-hybridized carbons (Fsp3) is 0.111. The molecule has 5 heteroatoms. The number of anilines is 1. The van der Waals surface area contributed by atoms with Crippen molar-refractivity contribution in [1.82, 2.24) is 0 Å². The molecule has 1 aromatic carbocycles. The molecule has 1 rings (SSSR count). The predicted molar refractivity (Wildman–Crippen MR) is 54.6 cm³/mol. The second-order valence-corrected chi connectivity index (χ2v) is 3.32. The van der Waals surface area contributed by atoms with Crippen LogP contribution < -0.4 is 5.73 Å². The van der Waals surface area contributed by atoms with Gasteiger partial charge in [-0.2, -0.15) is 5.26 Å². The van der Waals surface area contributed by atoms with Crippen LogP contribution >= 0.6 is 15.9 Å². The van der Waals surface area contributed by atoms with E-state index < -0.39 is 5.97 Å². The number of hydrogen-bond donors (Lipinski definition) is 1. The van der Waals surface area contributed by atoms with Gasteiger partial charge in [-0.3, -0.25) is 0 Å². The highest BCUT2D eigenvalue weighted by Crippen LogP contribution is 2.26. The van der Waals surface area contributed by atoms with Gasteiger partial charge in [0.2, 0.25) is 0 Å². The summed E-state index contributed by atoms with van der Waals surface area (Å²) in [6.07, 6.45) is 0. The molecule has 4 nitrogen and oxygen atoms in total. The molecule has 0 aliphatic rings. The standard InChI is InChI=1S/C9H7BrN2O2/c1-14-9(13)6-2-5(4-11)3-7(12)8(6)10/h2-3H,12H2,1H3. The number of nitrogens with zero attached hydrogens (tertiary/aromatic N) is 1. The molecule has 0 unspecified atom stereocenters. The molecule has 0 aliphatic heterocycles. The van der Waals surface area contributed by atoms with Gasteiger partial charge in [-0.05, 0) is 28.1 Å². The first kappa shape index (κ1) is 10.5. The molecule has 0 radical (unpaired) electrons. The van der Waals surface area contributed by atoms with Gasteiger partial charge in [0.1, 0.15) is 0 Å². The third-order valence-corrected chi connectivity index (χ3v) is 2.52. The van der Waals surface area contributed by atoms with E-state index >= 15 is 0 Å². The Hall–Kier alpha value is -1.54. The van der Waals surface area contributed by atoms with Crippen molar-refractivity contribution >= 4 is 27.6 Å². The number of benzene rings is 1. The summed E-state index contributed by atoms with van der Waals surface area (Å²) in [4.78, 5) is 11.2. The van der Waals surface area contributed by atoms with Crippen LogP contribution in [0.4, 0.5) is 5.69 Å². The van der Waals surface area contributed by atoms with Crippen molar-refractivity contribution in [3.05, 3.63) is 27.7 Å². The molecule has 0 amide bonds. The van der Waals surface area contributed by atoms with Crippen LogP contribution in [0.15, 0.2) is 16.6 Å². The highest BCUT2D eigenvalue weighted by molar-refractivity contribution is 9.10.